The summed E-state index contributed by atoms with van der Waals surface area (Å²) in [5.41, 5.74) is 1.77. The molecule has 0 N–H and O–H groups in total. The minimum absolute atomic E-state index is 0.0104. The fourth-order valence-corrected chi connectivity index (χ4v) is 3.79. The SMILES string of the molecule is CC1C(=O)C=C(c2ccncc2)N=C1N1CCOC(c2c(F)cccc2Cl)C1. The molecule has 3 heterocycles. The fraction of sp³-hybridized carbons (Fsp3) is 0.286. The van der Waals surface area contributed by atoms with Gasteiger partial charge < -0.3 is 9.64 Å². The highest BCUT2D eigenvalue weighted by Crippen LogP contribution is 2.32. The Morgan fingerprint density at radius 3 is 2.79 bits per heavy atom. The molecule has 1 fully saturated rings. The van der Waals surface area contributed by atoms with Gasteiger partial charge in [-0.25, -0.2) is 9.38 Å². The van der Waals surface area contributed by atoms with E-state index in [-0.39, 0.29) is 11.7 Å². The molecule has 0 spiro atoms. The number of aromatic nitrogens is 1. The zero-order valence-corrected chi connectivity index (χ0v) is 16.1. The molecule has 0 bridgehead atoms. The molecule has 2 aliphatic rings. The van der Waals surface area contributed by atoms with E-state index in [9.17, 15) is 9.18 Å². The van der Waals surface area contributed by atoms with Crippen LogP contribution in [-0.4, -0.2) is 41.2 Å². The zero-order chi connectivity index (χ0) is 19.7. The number of carbonyl (C=O) groups excluding carboxylic acids is 1. The van der Waals surface area contributed by atoms with Crippen LogP contribution >= 0.6 is 11.6 Å². The molecule has 1 aromatic heterocycles. The molecule has 2 unspecified atom stereocenters. The molecule has 1 saturated heterocycles. The largest absolute Gasteiger partial charge is 0.370 e. The molecule has 7 heteroatoms. The van der Waals surface area contributed by atoms with Crippen molar-refractivity contribution in [2.45, 2.75) is 13.0 Å². The van der Waals surface area contributed by atoms with Crippen LogP contribution in [0.25, 0.3) is 5.70 Å². The molecule has 0 saturated carbocycles. The molecular weight excluding hydrogens is 381 g/mol. The van der Waals surface area contributed by atoms with Gasteiger partial charge in [-0.1, -0.05) is 17.7 Å². The van der Waals surface area contributed by atoms with E-state index >= 15 is 0 Å². The lowest BCUT2D eigenvalue weighted by molar-refractivity contribution is -0.116. The average molecular weight is 400 g/mol. The molecule has 144 valence electrons. The van der Waals surface area contributed by atoms with E-state index in [4.69, 9.17) is 21.3 Å². The molecule has 4 rings (SSSR count). The quantitative estimate of drug-likeness (QED) is 0.768. The second-order valence-corrected chi connectivity index (χ2v) is 7.21. The number of rotatable bonds is 2. The first-order valence-electron chi connectivity index (χ1n) is 9.09. The van der Waals surface area contributed by atoms with Crippen LogP contribution in [0, 0.1) is 11.7 Å². The van der Waals surface area contributed by atoms with Crippen LogP contribution in [-0.2, 0) is 9.53 Å². The van der Waals surface area contributed by atoms with Gasteiger partial charge in [-0.05, 0) is 31.2 Å². The van der Waals surface area contributed by atoms with Gasteiger partial charge in [0.15, 0.2) is 5.78 Å². The maximum atomic E-state index is 14.3. The lowest BCUT2D eigenvalue weighted by Crippen LogP contribution is -2.46. The maximum absolute atomic E-state index is 14.3. The van der Waals surface area contributed by atoms with E-state index < -0.39 is 11.9 Å². The smallest absolute Gasteiger partial charge is 0.168 e. The molecule has 28 heavy (non-hydrogen) atoms. The van der Waals surface area contributed by atoms with E-state index in [1.165, 1.54) is 6.07 Å². The van der Waals surface area contributed by atoms with Crippen molar-refractivity contribution in [3.05, 3.63) is 70.8 Å². The number of nitrogens with zero attached hydrogens (tertiary/aromatic N) is 3. The van der Waals surface area contributed by atoms with Crippen LogP contribution in [0.4, 0.5) is 4.39 Å². The summed E-state index contributed by atoms with van der Waals surface area (Å²) in [7, 11) is 0. The number of hydrogen-bond acceptors (Lipinski definition) is 5. The van der Waals surface area contributed by atoms with Gasteiger partial charge in [-0.2, -0.15) is 0 Å². The van der Waals surface area contributed by atoms with Gasteiger partial charge in [0.1, 0.15) is 17.8 Å². The summed E-state index contributed by atoms with van der Waals surface area (Å²) < 4.78 is 20.1. The van der Waals surface area contributed by atoms with E-state index in [2.05, 4.69) is 4.98 Å². The summed E-state index contributed by atoms with van der Waals surface area (Å²) in [6.45, 7) is 3.18. The molecule has 2 atom stereocenters. The molecular formula is C21H19ClFN3O2. The molecule has 5 nitrogen and oxygen atoms in total. The number of ketones is 1. The third-order valence-corrected chi connectivity index (χ3v) is 5.35. The lowest BCUT2D eigenvalue weighted by atomic mass is 9.97. The molecule has 0 radical (unpaired) electrons. The van der Waals surface area contributed by atoms with Gasteiger partial charge in [0.05, 0.1) is 18.2 Å². The summed E-state index contributed by atoms with van der Waals surface area (Å²) in [4.78, 5) is 23.3. The van der Waals surface area contributed by atoms with Gasteiger partial charge in [-0.3, -0.25) is 9.78 Å². The highest BCUT2D eigenvalue weighted by Gasteiger charge is 2.33. The monoisotopic (exact) mass is 399 g/mol. The summed E-state index contributed by atoms with van der Waals surface area (Å²) in [6, 6.07) is 8.23. The third-order valence-electron chi connectivity index (χ3n) is 5.02. The van der Waals surface area contributed by atoms with Gasteiger partial charge in [0, 0.05) is 47.7 Å². The summed E-state index contributed by atoms with van der Waals surface area (Å²) in [5, 5.41) is 0.332. The number of halogens is 2. The maximum Gasteiger partial charge on any atom is 0.168 e. The minimum atomic E-state index is -0.525. The van der Waals surface area contributed by atoms with Gasteiger partial charge in [0.25, 0.3) is 0 Å². The van der Waals surface area contributed by atoms with Crippen LogP contribution in [0.3, 0.4) is 0 Å². The third kappa shape index (κ3) is 3.57. The summed E-state index contributed by atoms with van der Waals surface area (Å²) >= 11 is 6.21. The Hall–Kier alpha value is -2.57. The average Bonchev–Trinajstić information content (AvgIpc) is 2.71. The van der Waals surface area contributed by atoms with E-state index in [1.54, 1.807) is 30.6 Å². The predicted molar refractivity (Wildman–Crippen MR) is 105 cm³/mol. The van der Waals surface area contributed by atoms with Crippen molar-refractivity contribution < 1.29 is 13.9 Å². The fourth-order valence-electron chi connectivity index (χ4n) is 3.50. The first kappa shape index (κ1) is 18.8. The van der Waals surface area contributed by atoms with E-state index in [1.807, 2.05) is 24.0 Å². The number of carbonyl (C=O) groups is 1. The first-order chi connectivity index (χ1) is 13.5. The van der Waals surface area contributed by atoms with Crippen molar-refractivity contribution in [2.75, 3.05) is 19.7 Å². The highest BCUT2D eigenvalue weighted by atomic mass is 35.5. The number of hydrogen-bond donors (Lipinski definition) is 0. The van der Waals surface area contributed by atoms with E-state index in [0.717, 1.165) is 5.56 Å². The van der Waals surface area contributed by atoms with Crippen LogP contribution in [0.5, 0.6) is 0 Å². The van der Waals surface area contributed by atoms with Crippen LogP contribution < -0.4 is 0 Å². The Kier molecular flexibility index (Phi) is 5.24. The number of allylic oxidation sites excluding steroid dienone is 1. The Balaban J connectivity index is 1.64. The Morgan fingerprint density at radius 2 is 2.04 bits per heavy atom. The second-order valence-electron chi connectivity index (χ2n) is 6.80. The number of morpholine rings is 1. The summed E-state index contributed by atoms with van der Waals surface area (Å²) in [6.07, 6.45) is 4.37. The van der Waals surface area contributed by atoms with Crippen LogP contribution in [0.1, 0.15) is 24.2 Å². The van der Waals surface area contributed by atoms with Crippen molar-refractivity contribution in [3.8, 4) is 0 Å². The van der Waals surface area contributed by atoms with Crippen molar-refractivity contribution in [1.29, 1.82) is 0 Å². The van der Waals surface area contributed by atoms with Crippen LogP contribution in [0.15, 0.2) is 53.8 Å². The zero-order valence-electron chi connectivity index (χ0n) is 15.3. The number of ether oxygens (including phenoxy) is 1. The topological polar surface area (TPSA) is 54.8 Å². The van der Waals surface area contributed by atoms with Gasteiger partial charge >= 0.3 is 0 Å². The Morgan fingerprint density at radius 1 is 1.25 bits per heavy atom. The highest BCUT2D eigenvalue weighted by molar-refractivity contribution is 6.31. The van der Waals surface area contributed by atoms with Crippen molar-refractivity contribution in [1.82, 2.24) is 9.88 Å². The molecule has 1 aromatic carbocycles. The van der Waals surface area contributed by atoms with Crippen molar-refractivity contribution in [3.63, 3.8) is 0 Å². The number of pyridine rings is 1. The predicted octanol–water partition coefficient (Wildman–Crippen LogP) is 3.91. The lowest BCUT2D eigenvalue weighted by Gasteiger charge is -2.38. The molecule has 0 aliphatic carbocycles. The van der Waals surface area contributed by atoms with Crippen molar-refractivity contribution >= 4 is 28.9 Å². The molecule has 0 amide bonds. The number of amidine groups is 1. The second kappa shape index (κ2) is 7.81. The van der Waals surface area contributed by atoms with E-state index in [0.29, 0.717) is 41.8 Å². The standard InChI is InChI=1S/C21H19ClFN3O2/c1-13-18(27)11-17(14-5-7-24-8-6-14)25-21(13)26-9-10-28-19(12-26)20-15(22)3-2-4-16(20)23/h2-8,11,13,19H,9-10,12H2,1H3. The van der Waals surface area contributed by atoms with Crippen molar-refractivity contribution in [2.24, 2.45) is 10.9 Å². The first-order valence-corrected chi connectivity index (χ1v) is 9.47. The van der Waals surface area contributed by atoms with Crippen LogP contribution in [0.2, 0.25) is 5.02 Å². The number of aliphatic imine (C=N–C) groups is 1. The van der Waals surface area contributed by atoms with Gasteiger partial charge in [-0.15, -0.1) is 0 Å². The normalized spacial score (nSPS) is 22.7. The molecule has 2 aromatic rings. The minimum Gasteiger partial charge on any atom is -0.370 e. The Bertz CT molecular complexity index is 941. The Labute approximate surface area is 167 Å². The number of benzene rings is 1. The summed E-state index contributed by atoms with van der Waals surface area (Å²) in [5.74, 6) is -0.115. The molecule has 2 aliphatic heterocycles. The van der Waals surface area contributed by atoms with Gasteiger partial charge in [0.2, 0.25) is 0 Å².